The van der Waals surface area contributed by atoms with Gasteiger partial charge < -0.3 is 24.8 Å². The predicted molar refractivity (Wildman–Crippen MR) is 164 cm³/mol. The summed E-state index contributed by atoms with van der Waals surface area (Å²) < 4.78 is 17.4. The zero-order valence-corrected chi connectivity index (χ0v) is 26.8. The second-order valence-electron chi connectivity index (χ2n) is 13.7. The molecular weight excluding hydrogens is 532 g/mol. The van der Waals surface area contributed by atoms with Crippen LogP contribution >= 0.6 is 0 Å². The van der Waals surface area contributed by atoms with E-state index in [1.54, 1.807) is 13.8 Å². The molecule has 1 aliphatic carbocycles. The van der Waals surface area contributed by atoms with Crippen molar-refractivity contribution in [2.45, 2.75) is 136 Å². The lowest BCUT2D eigenvalue weighted by atomic mass is 9.77. The summed E-state index contributed by atoms with van der Waals surface area (Å²) in [5, 5.41) is 6.15. The molecule has 0 aromatic heterocycles. The number of carbonyl (C=O) groups excluding carboxylic acids is 3. The summed E-state index contributed by atoms with van der Waals surface area (Å²) in [5.74, 6) is -1.34. The fourth-order valence-corrected chi connectivity index (χ4v) is 5.96. The lowest BCUT2D eigenvalue weighted by Crippen LogP contribution is -2.56. The number of esters is 1. The van der Waals surface area contributed by atoms with E-state index in [-0.39, 0.29) is 42.9 Å². The number of unbranched alkanes of at least 4 members (excludes halogenated alkanes) is 3. The Kier molecular flexibility index (Phi) is 12.4. The lowest BCUT2D eigenvalue weighted by molar-refractivity contribution is -0.304. The van der Waals surface area contributed by atoms with E-state index < -0.39 is 22.7 Å². The zero-order valence-electron chi connectivity index (χ0n) is 26.8. The minimum Gasteiger partial charge on any atom is -0.462 e. The molecule has 0 bridgehead atoms. The Balaban J connectivity index is 1.48. The van der Waals surface area contributed by atoms with E-state index in [4.69, 9.17) is 14.2 Å². The Hall–Kier alpha value is -2.45. The van der Waals surface area contributed by atoms with Crippen LogP contribution in [0, 0.1) is 10.8 Å². The zero-order chi connectivity index (χ0) is 30.8. The van der Waals surface area contributed by atoms with Crippen molar-refractivity contribution in [3.63, 3.8) is 0 Å². The van der Waals surface area contributed by atoms with E-state index in [0.29, 0.717) is 19.4 Å². The normalized spacial score (nSPS) is 24.7. The van der Waals surface area contributed by atoms with Crippen LogP contribution in [0.2, 0.25) is 0 Å². The minimum atomic E-state index is -0.836. The first-order valence-electron chi connectivity index (χ1n) is 16.0. The molecule has 2 fully saturated rings. The van der Waals surface area contributed by atoms with Crippen LogP contribution in [0.15, 0.2) is 30.3 Å². The summed E-state index contributed by atoms with van der Waals surface area (Å²) in [5.41, 5.74) is 0.201. The number of carbonyl (C=O) groups is 3. The highest BCUT2D eigenvalue weighted by Gasteiger charge is 2.45. The Morgan fingerprint density at radius 1 is 1.05 bits per heavy atom. The molecule has 8 nitrogen and oxygen atoms in total. The maximum absolute atomic E-state index is 13.7. The Labute approximate surface area is 253 Å². The van der Waals surface area contributed by atoms with Gasteiger partial charge in [0.1, 0.15) is 12.2 Å². The van der Waals surface area contributed by atoms with Crippen molar-refractivity contribution in [3.8, 4) is 0 Å². The molecule has 3 rings (SSSR count). The van der Waals surface area contributed by atoms with Crippen LogP contribution in [0.4, 0.5) is 0 Å². The third-order valence-electron chi connectivity index (χ3n) is 8.60. The van der Waals surface area contributed by atoms with Gasteiger partial charge in [-0.25, -0.2) is 0 Å². The molecule has 8 heteroatoms. The van der Waals surface area contributed by atoms with Gasteiger partial charge in [0.2, 0.25) is 11.8 Å². The number of benzene rings is 1. The first-order chi connectivity index (χ1) is 19.8. The number of rotatable bonds is 14. The summed E-state index contributed by atoms with van der Waals surface area (Å²) in [7, 11) is 0. The van der Waals surface area contributed by atoms with E-state index in [2.05, 4.69) is 36.6 Å². The second kappa shape index (κ2) is 15.3. The van der Waals surface area contributed by atoms with E-state index >= 15 is 0 Å². The third kappa shape index (κ3) is 10.4. The van der Waals surface area contributed by atoms with Crippen LogP contribution < -0.4 is 10.6 Å². The molecule has 1 aromatic rings. The van der Waals surface area contributed by atoms with Crippen molar-refractivity contribution in [2.24, 2.45) is 10.8 Å². The molecule has 236 valence electrons. The van der Waals surface area contributed by atoms with Crippen molar-refractivity contribution in [1.82, 2.24) is 10.6 Å². The topological polar surface area (TPSA) is 103 Å². The SMILES string of the molecule is CCCCCCC(C)(Cc1ccccc1)C(=O)NC1CCCC(OC(=O)CCNC(=O)C2OC(C)(C)OCC2(C)C)C1. The van der Waals surface area contributed by atoms with Gasteiger partial charge in [0.25, 0.3) is 0 Å². The number of hydrogen-bond donors (Lipinski definition) is 2. The van der Waals surface area contributed by atoms with Crippen LogP contribution in [0.1, 0.15) is 111 Å². The average molecular weight is 587 g/mol. The molecule has 42 heavy (non-hydrogen) atoms. The van der Waals surface area contributed by atoms with Crippen molar-refractivity contribution in [1.29, 1.82) is 0 Å². The van der Waals surface area contributed by atoms with Gasteiger partial charge in [-0.2, -0.15) is 0 Å². The van der Waals surface area contributed by atoms with E-state index in [0.717, 1.165) is 44.9 Å². The minimum absolute atomic E-state index is 0.0225. The summed E-state index contributed by atoms with van der Waals surface area (Å²) in [6.45, 7) is 12.3. The standard InChI is InChI=1S/C34H54N2O6/c1-7-8-9-13-20-34(6,23-25-15-11-10-12-16-25)31(39)36-26-17-14-18-27(22-26)41-28(37)19-21-35-30(38)29-32(2,3)24-40-33(4,5)42-29/h10-12,15-16,26-27,29H,7-9,13-14,17-24H2,1-6H3,(H,35,38)(H,36,39). The molecule has 2 aliphatic rings. The maximum atomic E-state index is 13.7. The predicted octanol–water partition coefficient (Wildman–Crippen LogP) is 5.86. The highest BCUT2D eigenvalue weighted by molar-refractivity contribution is 5.83. The highest BCUT2D eigenvalue weighted by atomic mass is 16.7. The third-order valence-corrected chi connectivity index (χ3v) is 8.60. The van der Waals surface area contributed by atoms with Crippen molar-refractivity contribution < 1.29 is 28.6 Å². The number of amides is 2. The van der Waals surface area contributed by atoms with Crippen LogP contribution in [0.5, 0.6) is 0 Å². The molecule has 1 saturated carbocycles. The van der Waals surface area contributed by atoms with Gasteiger partial charge in [0.15, 0.2) is 5.79 Å². The summed E-state index contributed by atoms with van der Waals surface area (Å²) in [4.78, 5) is 39.2. The summed E-state index contributed by atoms with van der Waals surface area (Å²) in [6, 6.07) is 10.2. The van der Waals surface area contributed by atoms with Gasteiger partial charge in [-0.1, -0.05) is 83.7 Å². The molecule has 4 unspecified atom stereocenters. The van der Waals surface area contributed by atoms with Crippen LogP contribution in [-0.2, 0) is 35.0 Å². The molecule has 1 aromatic carbocycles. The Morgan fingerprint density at radius 3 is 2.50 bits per heavy atom. The van der Waals surface area contributed by atoms with Gasteiger partial charge in [-0.15, -0.1) is 0 Å². The van der Waals surface area contributed by atoms with Crippen LogP contribution in [-0.4, -0.2) is 55.0 Å². The molecule has 1 heterocycles. The molecule has 2 amide bonds. The first-order valence-corrected chi connectivity index (χ1v) is 16.0. The Morgan fingerprint density at radius 2 is 1.79 bits per heavy atom. The number of hydrogen-bond acceptors (Lipinski definition) is 6. The average Bonchev–Trinajstić information content (AvgIpc) is 2.93. The largest absolute Gasteiger partial charge is 0.462 e. The fourth-order valence-electron chi connectivity index (χ4n) is 5.96. The van der Waals surface area contributed by atoms with Gasteiger partial charge in [-0.3, -0.25) is 14.4 Å². The van der Waals surface area contributed by atoms with Gasteiger partial charge in [0.05, 0.1) is 18.4 Å². The molecule has 1 saturated heterocycles. The molecule has 0 spiro atoms. The monoisotopic (exact) mass is 586 g/mol. The maximum Gasteiger partial charge on any atom is 0.307 e. The number of ether oxygens (including phenoxy) is 3. The van der Waals surface area contributed by atoms with Crippen molar-refractivity contribution in [2.75, 3.05) is 13.2 Å². The van der Waals surface area contributed by atoms with Gasteiger partial charge in [-0.05, 0) is 51.5 Å². The summed E-state index contributed by atoms with van der Waals surface area (Å²) in [6.07, 6.45) is 8.39. The van der Waals surface area contributed by atoms with Gasteiger partial charge in [0, 0.05) is 24.4 Å². The van der Waals surface area contributed by atoms with Crippen LogP contribution in [0.25, 0.3) is 0 Å². The van der Waals surface area contributed by atoms with E-state index in [9.17, 15) is 14.4 Å². The number of nitrogens with one attached hydrogen (secondary N) is 2. The van der Waals surface area contributed by atoms with E-state index in [1.165, 1.54) is 12.0 Å². The molecular formula is C34H54N2O6. The first kappa shape index (κ1) is 34.0. The van der Waals surface area contributed by atoms with Crippen LogP contribution in [0.3, 0.4) is 0 Å². The van der Waals surface area contributed by atoms with E-state index in [1.807, 2.05) is 32.0 Å². The molecule has 0 radical (unpaired) electrons. The smallest absolute Gasteiger partial charge is 0.307 e. The molecule has 1 aliphatic heterocycles. The lowest BCUT2D eigenvalue weighted by Gasteiger charge is -2.44. The molecule has 2 N–H and O–H groups in total. The fraction of sp³-hybridized carbons (Fsp3) is 0.735. The van der Waals surface area contributed by atoms with Gasteiger partial charge >= 0.3 is 5.97 Å². The van der Waals surface area contributed by atoms with Crippen molar-refractivity contribution in [3.05, 3.63) is 35.9 Å². The quantitative estimate of drug-likeness (QED) is 0.209. The second-order valence-corrected chi connectivity index (χ2v) is 13.7. The highest BCUT2D eigenvalue weighted by Crippen LogP contribution is 2.35. The van der Waals surface area contributed by atoms with Crippen molar-refractivity contribution >= 4 is 17.8 Å². The molecule has 4 atom stereocenters. The summed E-state index contributed by atoms with van der Waals surface area (Å²) >= 11 is 0. The Bertz CT molecular complexity index is 1030.